The highest BCUT2D eigenvalue weighted by molar-refractivity contribution is 9.10. The summed E-state index contributed by atoms with van der Waals surface area (Å²) < 4.78 is 11.3. The van der Waals surface area contributed by atoms with Crippen molar-refractivity contribution in [3.63, 3.8) is 0 Å². The standard InChI is InChI=1S/C14H19BrN2O3/c1-19-12-8-10(2-3-11(12)15)17-14(18)13(16)9-4-6-20-7-5-9/h2-3,8-9,13H,4-7,16H2,1H3,(H,17,18). The van der Waals surface area contributed by atoms with Crippen molar-refractivity contribution in [1.29, 1.82) is 0 Å². The molecule has 1 amide bonds. The van der Waals surface area contributed by atoms with Gasteiger partial charge in [0.25, 0.3) is 0 Å². The van der Waals surface area contributed by atoms with E-state index in [4.69, 9.17) is 15.2 Å². The maximum atomic E-state index is 12.2. The van der Waals surface area contributed by atoms with Crippen molar-refractivity contribution in [3.8, 4) is 5.75 Å². The van der Waals surface area contributed by atoms with Gasteiger partial charge in [-0.3, -0.25) is 4.79 Å². The van der Waals surface area contributed by atoms with Gasteiger partial charge in [-0.2, -0.15) is 0 Å². The first-order valence-electron chi connectivity index (χ1n) is 6.59. The van der Waals surface area contributed by atoms with Gasteiger partial charge in [0.2, 0.25) is 5.91 Å². The fourth-order valence-corrected chi connectivity index (χ4v) is 2.66. The topological polar surface area (TPSA) is 73.6 Å². The molecule has 1 aliphatic rings. The molecule has 6 heteroatoms. The molecule has 0 aromatic heterocycles. The first-order valence-corrected chi connectivity index (χ1v) is 7.39. The number of anilines is 1. The van der Waals surface area contributed by atoms with E-state index >= 15 is 0 Å². The number of halogens is 1. The summed E-state index contributed by atoms with van der Waals surface area (Å²) in [6.45, 7) is 1.36. The Bertz CT molecular complexity index is 475. The highest BCUT2D eigenvalue weighted by Gasteiger charge is 2.26. The van der Waals surface area contributed by atoms with Crippen LogP contribution in [0.2, 0.25) is 0 Å². The molecule has 1 unspecified atom stereocenters. The Balaban J connectivity index is 1.99. The van der Waals surface area contributed by atoms with Crippen LogP contribution in [0.4, 0.5) is 5.69 Å². The number of nitrogens with one attached hydrogen (secondary N) is 1. The molecule has 0 bridgehead atoms. The summed E-state index contributed by atoms with van der Waals surface area (Å²) in [7, 11) is 1.58. The van der Waals surface area contributed by atoms with E-state index in [-0.39, 0.29) is 11.8 Å². The highest BCUT2D eigenvalue weighted by atomic mass is 79.9. The number of nitrogens with two attached hydrogens (primary N) is 1. The number of carbonyl (C=O) groups excluding carboxylic acids is 1. The summed E-state index contributed by atoms with van der Waals surface area (Å²) in [6.07, 6.45) is 1.66. The first-order chi connectivity index (χ1) is 9.61. The average molecular weight is 343 g/mol. The Morgan fingerprint density at radius 3 is 2.85 bits per heavy atom. The Labute approximate surface area is 126 Å². The fraction of sp³-hybridized carbons (Fsp3) is 0.500. The Morgan fingerprint density at radius 1 is 1.50 bits per heavy atom. The summed E-state index contributed by atoms with van der Waals surface area (Å²) in [5.41, 5.74) is 6.71. The van der Waals surface area contributed by atoms with Crippen LogP contribution < -0.4 is 15.8 Å². The molecule has 2 rings (SSSR count). The van der Waals surface area contributed by atoms with Gasteiger partial charge in [-0.1, -0.05) is 0 Å². The third-order valence-electron chi connectivity index (χ3n) is 3.50. The van der Waals surface area contributed by atoms with Gasteiger partial charge in [0.05, 0.1) is 17.6 Å². The quantitative estimate of drug-likeness (QED) is 0.879. The van der Waals surface area contributed by atoms with E-state index in [1.165, 1.54) is 0 Å². The number of carbonyl (C=O) groups is 1. The third-order valence-corrected chi connectivity index (χ3v) is 4.15. The molecule has 0 spiro atoms. The Hall–Kier alpha value is -1.11. The third kappa shape index (κ3) is 3.71. The molecule has 3 N–H and O–H groups in total. The molecule has 1 aromatic carbocycles. The van der Waals surface area contributed by atoms with Gasteiger partial charge in [-0.15, -0.1) is 0 Å². The molecular formula is C14H19BrN2O3. The first kappa shape index (κ1) is 15.3. The zero-order valence-electron chi connectivity index (χ0n) is 11.4. The lowest BCUT2D eigenvalue weighted by Crippen LogP contribution is -2.44. The fourth-order valence-electron chi connectivity index (χ4n) is 2.25. The zero-order valence-corrected chi connectivity index (χ0v) is 13.0. The second-order valence-electron chi connectivity index (χ2n) is 4.81. The molecule has 0 radical (unpaired) electrons. The summed E-state index contributed by atoms with van der Waals surface area (Å²) >= 11 is 3.37. The summed E-state index contributed by atoms with van der Waals surface area (Å²) in [5, 5.41) is 2.84. The zero-order chi connectivity index (χ0) is 14.5. The van der Waals surface area contributed by atoms with Crippen molar-refractivity contribution in [1.82, 2.24) is 0 Å². The number of hydrogen-bond donors (Lipinski definition) is 2. The number of rotatable bonds is 4. The van der Waals surface area contributed by atoms with Crippen LogP contribution in [0, 0.1) is 5.92 Å². The monoisotopic (exact) mass is 342 g/mol. The van der Waals surface area contributed by atoms with Gasteiger partial charge < -0.3 is 20.5 Å². The van der Waals surface area contributed by atoms with Crippen molar-refractivity contribution >= 4 is 27.5 Å². The smallest absolute Gasteiger partial charge is 0.241 e. The number of ether oxygens (including phenoxy) is 2. The van der Waals surface area contributed by atoms with Crippen LogP contribution >= 0.6 is 15.9 Å². The average Bonchev–Trinajstić information content (AvgIpc) is 2.49. The number of methoxy groups -OCH3 is 1. The Kier molecular flexibility index (Phi) is 5.39. The van der Waals surface area contributed by atoms with Crippen LogP contribution in [-0.2, 0) is 9.53 Å². The minimum Gasteiger partial charge on any atom is -0.495 e. The molecular weight excluding hydrogens is 324 g/mol. The van der Waals surface area contributed by atoms with Crippen LogP contribution in [0.3, 0.4) is 0 Å². The lowest BCUT2D eigenvalue weighted by Gasteiger charge is -2.26. The lowest BCUT2D eigenvalue weighted by molar-refractivity contribution is -0.119. The lowest BCUT2D eigenvalue weighted by atomic mass is 9.92. The SMILES string of the molecule is COc1cc(NC(=O)C(N)C2CCOCC2)ccc1Br. The molecule has 0 aliphatic carbocycles. The normalized spacial score (nSPS) is 17.6. The van der Waals surface area contributed by atoms with Crippen molar-refractivity contribution in [2.24, 2.45) is 11.7 Å². The van der Waals surface area contributed by atoms with Crippen molar-refractivity contribution in [2.45, 2.75) is 18.9 Å². The van der Waals surface area contributed by atoms with Crippen LogP contribution in [0.1, 0.15) is 12.8 Å². The maximum absolute atomic E-state index is 12.2. The number of amides is 1. The highest BCUT2D eigenvalue weighted by Crippen LogP contribution is 2.28. The summed E-state index contributed by atoms with van der Waals surface area (Å²) in [4.78, 5) is 12.2. The van der Waals surface area contributed by atoms with E-state index in [0.29, 0.717) is 24.7 Å². The molecule has 1 aliphatic heterocycles. The molecule has 20 heavy (non-hydrogen) atoms. The second-order valence-corrected chi connectivity index (χ2v) is 5.67. The van der Waals surface area contributed by atoms with E-state index in [0.717, 1.165) is 17.3 Å². The molecule has 1 atom stereocenters. The molecule has 1 aromatic rings. The molecule has 1 fully saturated rings. The van der Waals surface area contributed by atoms with Gasteiger partial charge >= 0.3 is 0 Å². The van der Waals surface area contributed by atoms with Gasteiger partial charge in [0.1, 0.15) is 5.75 Å². The second kappa shape index (κ2) is 7.06. The van der Waals surface area contributed by atoms with E-state index in [1.54, 1.807) is 19.2 Å². The molecule has 5 nitrogen and oxygen atoms in total. The molecule has 110 valence electrons. The predicted octanol–water partition coefficient (Wildman–Crippen LogP) is 2.15. The maximum Gasteiger partial charge on any atom is 0.241 e. The van der Waals surface area contributed by atoms with Crippen LogP contribution in [0.5, 0.6) is 5.75 Å². The summed E-state index contributed by atoms with van der Waals surface area (Å²) in [6, 6.07) is 4.89. The van der Waals surface area contributed by atoms with Crippen LogP contribution in [-0.4, -0.2) is 32.3 Å². The largest absolute Gasteiger partial charge is 0.495 e. The van der Waals surface area contributed by atoms with E-state index in [9.17, 15) is 4.79 Å². The van der Waals surface area contributed by atoms with Gasteiger partial charge in [0, 0.05) is 25.0 Å². The van der Waals surface area contributed by atoms with Crippen LogP contribution in [0.15, 0.2) is 22.7 Å². The number of benzene rings is 1. The minimum absolute atomic E-state index is 0.165. The summed E-state index contributed by atoms with van der Waals surface area (Å²) in [5.74, 6) is 0.685. The Morgan fingerprint density at radius 2 is 2.20 bits per heavy atom. The minimum atomic E-state index is -0.506. The van der Waals surface area contributed by atoms with Gasteiger partial charge in [0.15, 0.2) is 0 Å². The number of hydrogen-bond acceptors (Lipinski definition) is 4. The van der Waals surface area contributed by atoms with Crippen molar-refractivity contribution < 1.29 is 14.3 Å². The predicted molar refractivity (Wildman–Crippen MR) is 80.8 cm³/mol. The van der Waals surface area contributed by atoms with Gasteiger partial charge in [-0.25, -0.2) is 0 Å². The molecule has 1 saturated heterocycles. The van der Waals surface area contributed by atoms with E-state index in [1.807, 2.05) is 6.07 Å². The van der Waals surface area contributed by atoms with E-state index < -0.39 is 6.04 Å². The molecule has 0 saturated carbocycles. The van der Waals surface area contributed by atoms with Crippen molar-refractivity contribution in [3.05, 3.63) is 22.7 Å². The van der Waals surface area contributed by atoms with E-state index in [2.05, 4.69) is 21.2 Å². The van der Waals surface area contributed by atoms with Gasteiger partial charge in [-0.05, 0) is 46.8 Å². The molecule has 1 heterocycles. The van der Waals surface area contributed by atoms with Crippen molar-refractivity contribution in [2.75, 3.05) is 25.6 Å². The van der Waals surface area contributed by atoms with Crippen LogP contribution in [0.25, 0.3) is 0 Å².